The first-order chi connectivity index (χ1) is 10.2. The van der Waals surface area contributed by atoms with E-state index >= 15 is 0 Å². The minimum atomic E-state index is -3.84. The summed E-state index contributed by atoms with van der Waals surface area (Å²) in [5, 5.41) is 8.56. The number of rotatable bonds is 8. The summed E-state index contributed by atoms with van der Waals surface area (Å²) >= 11 is 0. The largest absolute Gasteiger partial charge is 0.435 e. The molecule has 2 N–H and O–H groups in total. The quantitative estimate of drug-likeness (QED) is 0.769. The molecule has 0 bridgehead atoms. The molecule has 9 heteroatoms. The molecule has 1 atom stereocenters. The molecule has 0 radical (unpaired) electrons. The molecule has 0 spiro atoms. The lowest BCUT2D eigenvalue weighted by atomic mass is 10.1. The zero-order valence-corrected chi connectivity index (χ0v) is 12.2. The average molecular weight is 332 g/mol. The fourth-order valence-electron chi connectivity index (χ4n) is 1.79. The van der Waals surface area contributed by atoms with Crippen LogP contribution in [0.5, 0.6) is 5.75 Å². The first-order valence-corrected chi connectivity index (χ1v) is 7.96. The van der Waals surface area contributed by atoms with Crippen LogP contribution in [0.4, 0.5) is 8.78 Å². The Morgan fingerprint density at radius 3 is 2.55 bits per heavy atom. The summed E-state index contributed by atoms with van der Waals surface area (Å²) in [6.07, 6.45) is -0.330. The number of hydrogen-bond acceptors (Lipinski definition) is 5. The number of para-hydroxylation sites is 1. The van der Waals surface area contributed by atoms with Crippen LogP contribution >= 0.6 is 0 Å². The van der Waals surface area contributed by atoms with Gasteiger partial charge in [0, 0.05) is 12.0 Å². The smallest absolute Gasteiger partial charge is 0.387 e. The number of nitriles is 1. The lowest BCUT2D eigenvalue weighted by Crippen LogP contribution is -2.30. The topological polar surface area (TPSA) is 110 Å². The molecule has 120 valence electrons. The lowest BCUT2D eigenvalue weighted by Gasteiger charge is -2.13. The number of carbonyl (C=O) groups excluding carboxylic acids is 1. The van der Waals surface area contributed by atoms with Gasteiger partial charge in [0.2, 0.25) is 5.91 Å². The number of alkyl halides is 2. The van der Waals surface area contributed by atoms with Gasteiger partial charge < -0.3 is 10.5 Å². The Morgan fingerprint density at radius 2 is 2.00 bits per heavy atom. The fraction of sp³-hybridized carbons (Fsp3) is 0.385. The van der Waals surface area contributed by atoms with Crippen LogP contribution in [0.1, 0.15) is 12.0 Å². The van der Waals surface area contributed by atoms with Crippen LogP contribution in [-0.2, 0) is 20.4 Å². The molecular formula is C13H14F2N2O4S. The van der Waals surface area contributed by atoms with Gasteiger partial charge in [-0.25, -0.2) is 8.42 Å². The van der Waals surface area contributed by atoms with Gasteiger partial charge in [-0.05, 0) is 6.07 Å². The van der Waals surface area contributed by atoms with Crippen molar-refractivity contribution in [2.75, 3.05) is 5.75 Å². The number of nitrogens with two attached hydrogens (primary N) is 1. The molecule has 22 heavy (non-hydrogen) atoms. The number of carbonyl (C=O) groups is 1. The Morgan fingerprint density at radius 1 is 1.36 bits per heavy atom. The number of benzene rings is 1. The number of primary amides is 1. The van der Waals surface area contributed by atoms with Crippen LogP contribution in [0.15, 0.2) is 24.3 Å². The van der Waals surface area contributed by atoms with Crippen LogP contribution in [0.3, 0.4) is 0 Å². The molecule has 0 aliphatic carbocycles. The van der Waals surface area contributed by atoms with Gasteiger partial charge >= 0.3 is 6.61 Å². The highest BCUT2D eigenvalue weighted by atomic mass is 32.2. The molecule has 0 aliphatic rings. The van der Waals surface area contributed by atoms with Crippen molar-refractivity contribution in [3.05, 3.63) is 29.8 Å². The predicted molar refractivity (Wildman–Crippen MR) is 73.5 cm³/mol. The van der Waals surface area contributed by atoms with Crippen molar-refractivity contribution >= 4 is 15.7 Å². The van der Waals surface area contributed by atoms with E-state index < -0.39 is 39.8 Å². The Labute approximate surface area is 126 Å². The van der Waals surface area contributed by atoms with Crippen LogP contribution in [0.2, 0.25) is 0 Å². The SMILES string of the molecule is N#CCC(CS(=O)(=O)Cc1ccccc1OC(F)F)C(N)=O. The van der Waals surface area contributed by atoms with E-state index in [4.69, 9.17) is 11.0 Å². The zero-order chi connectivity index (χ0) is 16.8. The second-order valence-electron chi connectivity index (χ2n) is 4.50. The van der Waals surface area contributed by atoms with Gasteiger partial charge in [0.05, 0.1) is 23.5 Å². The monoisotopic (exact) mass is 332 g/mol. The molecule has 0 heterocycles. The van der Waals surface area contributed by atoms with Crippen molar-refractivity contribution in [2.24, 2.45) is 11.7 Å². The van der Waals surface area contributed by atoms with Crippen molar-refractivity contribution in [1.82, 2.24) is 0 Å². The van der Waals surface area contributed by atoms with Gasteiger partial charge in [0.1, 0.15) is 5.75 Å². The summed E-state index contributed by atoms with van der Waals surface area (Å²) in [6, 6.07) is 7.14. The van der Waals surface area contributed by atoms with Gasteiger partial charge in [0.25, 0.3) is 0 Å². The lowest BCUT2D eigenvalue weighted by molar-refractivity contribution is -0.121. The Hall–Kier alpha value is -2.21. The highest BCUT2D eigenvalue weighted by Gasteiger charge is 2.25. The summed E-state index contributed by atoms with van der Waals surface area (Å²) in [4.78, 5) is 11.1. The van der Waals surface area contributed by atoms with E-state index in [9.17, 15) is 22.0 Å². The summed E-state index contributed by atoms with van der Waals surface area (Å²) in [5.41, 5.74) is 5.09. The van der Waals surface area contributed by atoms with Gasteiger partial charge in [0.15, 0.2) is 9.84 Å². The van der Waals surface area contributed by atoms with Crippen LogP contribution in [0, 0.1) is 17.2 Å². The van der Waals surface area contributed by atoms with Crippen molar-refractivity contribution < 1.29 is 26.7 Å². The van der Waals surface area contributed by atoms with E-state index in [-0.39, 0.29) is 17.7 Å². The molecule has 0 fully saturated rings. The molecule has 1 aromatic rings. The minimum Gasteiger partial charge on any atom is -0.435 e. The number of ether oxygens (including phenoxy) is 1. The Bertz CT molecular complexity index is 671. The molecule has 0 saturated heterocycles. The first kappa shape index (κ1) is 17.8. The summed E-state index contributed by atoms with van der Waals surface area (Å²) < 4.78 is 52.9. The van der Waals surface area contributed by atoms with Crippen LogP contribution in [0.25, 0.3) is 0 Å². The Kier molecular flexibility index (Phi) is 6.24. The van der Waals surface area contributed by atoms with E-state index in [1.165, 1.54) is 24.3 Å². The summed E-state index contributed by atoms with van der Waals surface area (Å²) in [6.45, 7) is -3.08. The predicted octanol–water partition coefficient (Wildman–Crippen LogP) is 1.22. The molecule has 1 aromatic carbocycles. The third-order valence-electron chi connectivity index (χ3n) is 2.76. The normalized spacial score (nSPS) is 12.6. The molecule has 0 aromatic heterocycles. The maximum atomic E-state index is 12.3. The number of amides is 1. The first-order valence-electron chi connectivity index (χ1n) is 6.14. The molecule has 0 saturated carbocycles. The highest BCUT2D eigenvalue weighted by Crippen LogP contribution is 2.23. The Balaban J connectivity index is 2.93. The highest BCUT2D eigenvalue weighted by molar-refractivity contribution is 7.90. The number of halogens is 2. The summed E-state index contributed by atoms with van der Waals surface area (Å²) in [7, 11) is -3.84. The third kappa shape index (κ3) is 5.65. The second-order valence-corrected chi connectivity index (χ2v) is 6.61. The molecular weight excluding hydrogens is 318 g/mol. The van der Waals surface area contributed by atoms with E-state index in [0.29, 0.717) is 0 Å². The van der Waals surface area contributed by atoms with Crippen LogP contribution < -0.4 is 10.5 Å². The molecule has 1 amide bonds. The molecule has 1 unspecified atom stereocenters. The average Bonchev–Trinajstić information content (AvgIpc) is 2.39. The van der Waals surface area contributed by atoms with Crippen molar-refractivity contribution in [3.63, 3.8) is 0 Å². The molecule has 1 rings (SSSR count). The fourth-order valence-corrected chi connectivity index (χ4v) is 3.51. The van der Waals surface area contributed by atoms with Crippen molar-refractivity contribution in [2.45, 2.75) is 18.8 Å². The van der Waals surface area contributed by atoms with Crippen LogP contribution in [-0.4, -0.2) is 26.7 Å². The van der Waals surface area contributed by atoms with Crippen molar-refractivity contribution in [3.8, 4) is 11.8 Å². The van der Waals surface area contributed by atoms with E-state index in [0.717, 1.165) is 0 Å². The summed E-state index contributed by atoms with van der Waals surface area (Å²) in [5.74, 6) is -3.51. The molecule has 6 nitrogen and oxygen atoms in total. The third-order valence-corrected chi connectivity index (χ3v) is 4.42. The zero-order valence-electron chi connectivity index (χ0n) is 11.4. The molecule has 0 aliphatic heterocycles. The van der Waals surface area contributed by atoms with Gasteiger partial charge in [-0.2, -0.15) is 14.0 Å². The van der Waals surface area contributed by atoms with E-state index in [1.54, 1.807) is 6.07 Å². The number of nitrogens with zero attached hydrogens (tertiary/aromatic N) is 1. The number of sulfone groups is 1. The van der Waals surface area contributed by atoms with E-state index in [2.05, 4.69) is 4.74 Å². The number of hydrogen-bond donors (Lipinski definition) is 1. The second kappa shape index (κ2) is 7.70. The van der Waals surface area contributed by atoms with E-state index in [1.807, 2.05) is 0 Å². The van der Waals surface area contributed by atoms with Crippen molar-refractivity contribution in [1.29, 1.82) is 5.26 Å². The minimum absolute atomic E-state index is 0.0444. The maximum absolute atomic E-state index is 12.3. The van der Waals surface area contributed by atoms with Gasteiger partial charge in [-0.3, -0.25) is 4.79 Å². The van der Waals surface area contributed by atoms with Gasteiger partial charge in [-0.15, -0.1) is 0 Å². The van der Waals surface area contributed by atoms with Gasteiger partial charge in [-0.1, -0.05) is 18.2 Å². The maximum Gasteiger partial charge on any atom is 0.387 e. The standard InChI is InChI=1S/C13H14F2N2O4S/c14-13(15)21-11-4-2-1-3-9(11)7-22(19,20)8-10(5-6-16)12(17)18/h1-4,10,13H,5,7-8H2,(H2,17,18).